The van der Waals surface area contributed by atoms with Crippen LogP contribution in [0.4, 0.5) is 15.4 Å². The van der Waals surface area contributed by atoms with Gasteiger partial charge in [0.15, 0.2) is 17.3 Å². The van der Waals surface area contributed by atoms with Crippen LogP contribution in [0.25, 0.3) is 22.6 Å². The Morgan fingerprint density at radius 3 is 2.31 bits per heavy atom. The first kappa shape index (κ1) is 23.6. The zero-order valence-electron chi connectivity index (χ0n) is 19.1. The van der Waals surface area contributed by atoms with E-state index in [1.165, 1.54) is 10.8 Å². The van der Waals surface area contributed by atoms with Gasteiger partial charge in [0.2, 0.25) is 0 Å². The van der Waals surface area contributed by atoms with Gasteiger partial charge in [0.05, 0.1) is 17.2 Å². The number of anilines is 1. The predicted molar refractivity (Wildman–Crippen MR) is 125 cm³/mol. The van der Waals surface area contributed by atoms with E-state index in [0.717, 1.165) is 5.56 Å². The van der Waals surface area contributed by atoms with Crippen LogP contribution in [0.1, 0.15) is 47.1 Å². The van der Waals surface area contributed by atoms with Gasteiger partial charge in [-0.1, -0.05) is 6.07 Å². The maximum Gasteiger partial charge on any atom is 0.420 e. The minimum absolute atomic E-state index is 0.0966. The SMILES string of the molecule is Cc1ccc2nc(-c3nc(Br)cnc3NC(=O)OC(C)(C)C)n(C(=O)OC(C)(C)C)c2c1. The lowest BCUT2D eigenvalue weighted by Crippen LogP contribution is -2.28. The second-order valence-corrected chi connectivity index (χ2v) is 10.1. The highest BCUT2D eigenvalue weighted by atomic mass is 79.9. The number of rotatable bonds is 2. The molecule has 0 unspecified atom stereocenters. The maximum absolute atomic E-state index is 13.2. The van der Waals surface area contributed by atoms with Crippen LogP contribution in [0.15, 0.2) is 29.0 Å². The van der Waals surface area contributed by atoms with Crippen molar-refractivity contribution >= 4 is 45.0 Å². The molecule has 1 amide bonds. The molecule has 0 radical (unpaired) electrons. The average Bonchev–Trinajstić information content (AvgIpc) is 2.98. The molecule has 0 saturated carbocycles. The first-order valence-corrected chi connectivity index (χ1v) is 10.8. The third-order valence-corrected chi connectivity index (χ3v) is 4.34. The monoisotopic (exact) mass is 503 g/mol. The summed E-state index contributed by atoms with van der Waals surface area (Å²) >= 11 is 3.30. The van der Waals surface area contributed by atoms with Crippen molar-refractivity contribution in [3.05, 3.63) is 34.6 Å². The number of halogens is 1. The molecule has 3 rings (SSSR count). The molecule has 0 fully saturated rings. The Morgan fingerprint density at radius 1 is 1.03 bits per heavy atom. The van der Waals surface area contributed by atoms with Gasteiger partial charge in [-0.2, -0.15) is 0 Å². The van der Waals surface area contributed by atoms with Crippen LogP contribution in [-0.4, -0.2) is 42.9 Å². The number of fused-ring (bicyclic) bond motifs is 1. The van der Waals surface area contributed by atoms with Crippen molar-refractivity contribution < 1.29 is 19.1 Å². The molecule has 0 saturated heterocycles. The average molecular weight is 504 g/mol. The lowest BCUT2D eigenvalue weighted by Gasteiger charge is -2.21. The number of hydrogen-bond acceptors (Lipinski definition) is 7. The Morgan fingerprint density at radius 2 is 1.69 bits per heavy atom. The number of nitrogens with one attached hydrogen (secondary N) is 1. The first-order chi connectivity index (χ1) is 14.7. The summed E-state index contributed by atoms with van der Waals surface area (Å²) < 4.78 is 12.7. The van der Waals surface area contributed by atoms with E-state index in [1.54, 1.807) is 47.6 Å². The summed E-state index contributed by atoms with van der Waals surface area (Å²) in [6.45, 7) is 12.5. The summed E-state index contributed by atoms with van der Waals surface area (Å²) in [6, 6.07) is 5.54. The molecular weight excluding hydrogens is 478 g/mol. The molecule has 0 spiro atoms. The Kier molecular flexibility index (Phi) is 6.28. The third-order valence-electron chi connectivity index (χ3n) is 3.96. The highest BCUT2D eigenvalue weighted by molar-refractivity contribution is 9.10. The molecule has 0 bridgehead atoms. The van der Waals surface area contributed by atoms with Gasteiger partial charge in [-0.25, -0.2) is 29.1 Å². The topological polar surface area (TPSA) is 108 Å². The second kappa shape index (κ2) is 8.50. The Balaban J connectivity index is 2.19. The highest BCUT2D eigenvalue weighted by Gasteiger charge is 2.27. The van der Waals surface area contributed by atoms with Gasteiger partial charge in [0, 0.05) is 0 Å². The van der Waals surface area contributed by atoms with E-state index in [2.05, 4.69) is 36.2 Å². The van der Waals surface area contributed by atoms with Crippen molar-refractivity contribution in [1.29, 1.82) is 0 Å². The molecule has 32 heavy (non-hydrogen) atoms. The van der Waals surface area contributed by atoms with Gasteiger partial charge >= 0.3 is 12.2 Å². The van der Waals surface area contributed by atoms with Gasteiger partial charge in [-0.15, -0.1) is 0 Å². The number of benzene rings is 1. The lowest BCUT2D eigenvalue weighted by molar-refractivity contribution is 0.0545. The van der Waals surface area contributed by atoms with E-state index in [0.29, 0.717) is 15.6 Å². The van der Waals surface area contributed by atoms with Crippen molar-refractivity contribution in [3.8, 4) is 11.5 Å². The fourth-order valence-electron chi connectivity index (χ4n) is 2.85. The minimum Gasteiger partial charge on any atom is -0.444 e. The van der Waals surface area contributed by atoms with Crippen LogP contribution in [-0.2, 0) is 9.47 Å². The fourth-order valence-corrected chi connectivity index (χ4v) is 3.13. The quantitative estimate of drug-likeness (QED) is 0.477. The zero-order valence-corrected chi connectivity index (χ0v) is 20.7. The number of amides is 1. The van der Waals surface area contributed by atoms with Gasteiger partial charge in [0.1, 0.15) is 15.8 Å². The van der Waals surface area contributed by atoms with Gasteiger partial charge in [0.25, 0.3) is 0 Å². The minimum atomic E-state index is -0.727. The molecule has 0 atom stereocenters. The molecule has 9 nitrogen and oxygen atoms in total. The number of carbonyl (C=O) groups excluding carboxylic acids is 2. The van der Waals surface area contributed by atoms with Crippen molar-refractivity contribution in [2.45, 2.75) is 59.7 Å². The fraction of sp³-hybridized carbons (Fsp3) is 0.409. The summed E-state index contributed by atoms with van der Waals surface area (Å²) in [5.74, 6) is 0.277. The Bertz CT molecular complexity index is 1190. The molecule has 0 aliphatic rings. The van der Waals surface area contributed by atoms with Gasteiger partial charge < -0.3 is 9.47 Å². The van der Waals surface area contributed by atoms with E-state index < -0.39 is 23.4 Å². The van der Waals surface area contributed by atoms with E-state index in [1.807, 2.05) is 19.1 Å². The lowest BCUT2D eigenvalue weighted by atomic mass is 10.2. The normalized spacial score (nSPS) is 12.0. The van der Waals surface area contributed by atoms with Crippen molar-refractivity contribution in [2.75, 3.05) is 5.32 Å². The summed E-state index contributed by atoms with van der Waals surface area (Å²) in [7, 11) is 0. The molecule has 1 N–H and O–H groups in total. The van der Waals surface area contributed by atoms with Gasteiger partial charge in [-0.3, -0.25) is 5.32 Å². The molecule has 3 aromatic rings. The molecule has 1 aromatic carbocycles. The standard InChI is InChI=1S/C22H26BrN5O4/c1-12-8-9-13-14(10-12)28(20(30)32-22(5,6)7)18(25-13)16-17(24-11-15(23)26-16)27-19(29)31-21(2,3)4/h8-11H,1-7H3,(H,24,27,29). The van der Waals surface area contributed by atoms with Crippen molar-refractivity contribution in [2.24, 2.45) is 0 Å². The maximum atomic E-state index is 13.2. The molecule has 2 heterocycles. The number of hydrogen-bond donors (Lipinski definition) is 1. The smallest absolute Gasteiger partial charge is 0.420 e. The number of ether oxygens (including phenoxy) is 2. The van der Waals surface area contributed by atoms with Crippen LogP contribution in [0.5, 0.6) is 0 Å². The molecule has 10 heteroatoms. The third kappa shape index (κ3) is 5.61. The second-order valence-electron chi connectivity index (χ2n) is 9.26. The Labute approximate surface area is 194 Å². The van der Waals surface area contributed by atoms with E-state index in [-0.39, 0.29) is 17.3 Å². The highest BCUT2D eigenvalue weighted by Crippen LogP contribution is 2.30. The van der Waals surface area contributed by atoms with E-state index in [9.17, 15) is 9.59 Å². The molecule has 2 aromatic heterocycles. The first-order valence-electron chi connectivity index (χ1n) is 9.99. The van der Waals surface area contributed by atoms with Crippen molar-refractivity contribution in [3.63, 3.8) is 0 Å². The number of imidazole rings is 1. The van der Waals surface area contributed by atoms with E-state index >= 15 is 0 Å². The van der Waals surface area contributed by atoms with Crippen LogP contribution in [0, 0.1) is 6.92 Å². The zero-order chi connectivity index (χ0) is 23.8. The summed E-state index contributed by atoms with van der Waals surface area (Å²) in [5, 5.41) is 2.60. The van der Waals surface area contributed by atoms with Crippen LogP contribution in [0.2, 0.25) is 0 Å². The van der Waals surface area contributed by atoms with Crippen molar-refractivity contribution in [1.82, 2.24) is 19.5 Å². The molecular formula is C22H26BrN5O4. The van der Waals surface area contributed by atoms with Crippen LogP contribution >= 0.6 is 15.9 Å². The molecule has 0 aliphatic carbocycles. The number of nitrogens with zero attached hydrogens (tertiary/aromatic N) is 4. The summed E-state index contributed by atoms with van der Waals surface area (Å²) in [4.78, 5) is 38.9. The number of aryl methyl sites for hydroxylation is 1. The van der Waals surface area contributed by atoms with Crippen LogP contribution < -0.4 is 5.32 Å². The molecule has 0 aliphatic heterocycles. The Hall–Kier alpha value is -3.01. The molecule has 170 valence electrons. The summed E-state index contributed by atoms with van der Waals surface area (Å²) in [6.07, 6.45) is 0.109. The number of aromatic nitrogens is 4. The summed E-state index contributed by atoms with van der Waals surface area (Å²) in [5.41, 5.74) is 0.829. The predicted octanol–water partition coefficient (Wildman–Crippen LogP) is 5.69. The van der Waals surface area contributed by atoms with Gasteiger partial charge in [-0.05, 0) is 82.1 Å². The number of carbonyl (C=O) groups is 2. The van der Waals surface area contributed by atoms with Crippen LogP contribution in [0.3, 0.4) is 0 Å². The van der Waals surface area contributed by atoms with E-state index in [4.69, 9.17) is 9.47 Å². The largest absolute Gasteiger partial charge is 0.444 e.